The van der Waals surface area contributed by atoms with E-state index in [4.69, 9.17) is 4.74 Å². The van der Waals surface area contributed by atoms with Crippen molar-refractivity contribution in [2.45, 2.75) is 46.0 Å². The van der Waals surface area contributed by atoms with Crippen LogP contribution in [0.1, 0.15) is 47.6 Å². The summed E-state index contributed by atoms with van der Waals surface area (Å²) >= 11 is 0. The van der Waals surface area contributed by atoms with E-state index in [0.717, 1.165) is 18.4 Å². The van der Waals surface area contributed by atoms with Gasteiger partial charge in [0, 0.05) is 0 Å². The van der Waals surface area contributed by atoms with Gasteiger partial charge in [0.15, 0.2) is 11.6 Å². The molecule has 0 amide bonds. The summed E-state index contributed by atoms with van der Waals surface area (Å²) in [6.07, 6.45) is 1.80. The Hall–Kier alpha value is -2.23. The predicted octanol–water partition coefficient (Wildman–Crippen LogP) is 6.37. The van der Waals surface area contributed by atoms with Crippen LogP contribution in [0.5, 0.6) is 5.75 Å². The van der Waals surface area contributed by atoms with Crippen LogP contribution < -0.4 is 4.74 Å². The smallest absolute Gasteiger partial charge is 0.267 e. The molecule has 4 heteroatoms. The molecule has 0 bridgehead atoms. The molecule has 0 radical (unpaired) electrons. The number of rotatable bonds is 9. The molecule has 0 saturated heterocycles. The average Bonchev–Trinajstić information content (AvgIpc) is 2.62. The van der Waals surface area contributed by atoms with E-state index in [2.05, 4.69) is 6.58 Å². The van der Waals surface area contributed by atoms with Crippen LogP contribution in [0, 0.1) is 12.7 Å². The SMILES string of the molecule is C=CCCc1ccc(CCc2c(C)cc(OCC)c(F)c2C(F)F)cc1. The molecule has 1 nitrogen and oxygen atoms in total. The van der Waals surface area contributed by atoms with Gasteiger partial charge in [0.2, 0.25) is 0 Å². The second-order valence-electron chi connectivity index (χ2n) is 6.28. The van der Waals surface area contributed by atoms with Gasteiger partial charge in [-0.1, -0.05) is 30.3 Å². The van der Waals surface area contributed by atoms with Crippen molar-refractivity contribution in [2.24, 2.45) is 0 Å². The molecule has 0 aromatic heterocycles. The molecule has 26 heavy (non-hydrogen) atoms. The van der Waals surface area contributed by atoms with E-state index in [9.17, 15) is 13.2 Å². The minimum absolute atomic E-state index is 0.101. The average molecular weight is 362 g/mol. The molecule has 0 unspecified atom stereocenters. The van der Waals surface area contributed by atoms with E-state index in [1.807, 2.05) is 30.3 Å². The molecule has 0 fully saturated rings. The van der Waals surface area contributed by atoms with Crippen LogP contribution in [0.25, 0.3) is 0 Å². The van der Waals surface area contributed by atoms with Crippen molar-refractivity contribution in [3.8, 4) is 5.75 Å². The van der Waals surface area contributed by atoms with E-state index in [-0.39, 0.29) is 12.4 Å². The zero-order valence-corrected chi connectivity index (χ0v) is 15.3. The highest BCUT2D eigenvalue weighted by atomic mass is 19.3. The largest absolute Gasteiger partial charge is 0.491 e. The number of aryl methyl sites for hydroxylation is 3. The van der Waals surface area contributed by atoms with Gasteiger partial charge in [-0.05, 0) is 67.9 Å². The van der Waals surface area contributed by atoms with E-state index in [1.54, 1.807) is 13.8 Å². The maximum atomic E-state index is 14.4. The summed E-state index contributed by atoms with van der Waals surface area (Å²) in [5.41, 5.74) is 2.73. The molecule has 0 spiro atoms. The Labute approximate surface area is 153 Å². The van der Waals surface area contributed by atoms with Crippen LogP contribution >= 0.6 is 0 Å². The van der Waals surface area contributed by atoms with E-state index in [1.165, 1.54) is 11.6 Å². The second kappa shape index (κ2) is 9.46. The highest BCUT2D eigenvalue weighted by Crippen LogP contribution is 2.35. The van der Waals surface area contributed by atoms with Gasteiger partial charge in [0.1, 0.15) is 0 Å². The lowest BCUT2D eigenvalue weighted by molar-refractivity contribution is 0.143. The van der Waals surface area contributed by atoms with Crippen molar-refractivity contribution in [2.75, 3.05) is 6.61 Å². The van der Waals surface area contributed by atoms with Gasteiger partial charge in [-0.25, -0.2) is 13.2 Å². The van der Waals surface area contributed by atoms with Crippen LogP contribution in [0.15, 0.2) is 43.0 Å². The lowest BCUT2D eigenvalue weighted by Crippen LogP contribution is -2.07. The fraction of sp³-hybridized carbons (Fsp3) is 0.364. The zero-order chi connectivity index (χ0) is 19.1. The van der Waals surface area contributed by atoms with Gasteiger partial charge in [-0.2, -0.15) is 0 Å². The number of benzene rings is 2. The molecule has 0 atom stereocenters. The fourth-order valence-corrected chi connectivity index (χ4v) is 3.06. The van der Waals surface area contributed by atoms with Gasteiger partial charge >= 0.3 is 0 Å². The highest BCUT2D eigenvalue weighted by molar-refractivity contribution is 5.44. The van der Waals surface area contributed by atoms with Crippen molar-refractivity contribution < 1.29 is 17.9 Å². The Morgan fingerprint density at radius 3 is 2.23 bits per heavy atom. The van der Waals surface area contributed by atoms with Crippen molar-refractivity contribution >= 4 is 0 Å². The summed E-state index contributed by atoms with van der Waals surface area (Å²) in [4.78, 5) is 0. The second-order valence-corrected chi connectivity index (χ2v) is 6.28. The lowest BCUT2D eigenvalue weighted by atomic mass is 9.94. The first-order valence-electron chi connectivity index (χ1n) is 8.89. The van der Waals surface area contributed by atoms with Crippen LogP contribution in [0.2, 0.25) is 0 Å². The summed E-state index contributed by atoms with van der Waals surface area (Å²) in [7, 11) is 0. The van der Waals surface area contributed by atoms with Crippen molar-refractivity contribution in [3.05, 3.63) is 76.6 Å². The van der Waals surface area contributed by atoms with Crippen molar-refractivity contribution in [1.82, 2.24) is 0 Å². The lowest BCUT2D eigenvalue weighted by Gasteiger charge is -2.17. The Morgan fingerprint density at radius 2 is 1.69 bits per heavy atom. The molecule has 0 saturated carbocycles. The number of hydrogen-bond acceptors (Lipinski definition) is 1. The van der Waals surface area contributed by atoms with E-state index >= 15 is 0 Å². The summed E-state index contributed by atoms with van der Waals surface area (Å²) in [6.45, 7) is 7.37. The molecular weight excluding hydrogens is 337 g/mol. The topological polar surface area (TPSA) is 9.23 Å². The summed E-state index contributed by atoms with van der Waals surface area (Å²) < 4.78 is 46.6. The van der Waals surface area contributed by atoms with Crippen LogP contribution in [-0.2, 0) is 19.3 Å². The maximum absolute atomic E-state index is 14.4. The third-order valence-electron chi connectivity index (χ3n) is 4.44. The van der Waals surface area contributed by atoms with Crippen LogP contribution in [-0.4, -0.2) is 6.61 Å². The van der Waals surface area contributed by atoms with Crippen molar-refractivity contribution in [1.29, 1.82) is 0 Å². The minimum atomic E-state index is -2.87. The maximum Gasteiger partial charge on any atom is 0.267 e. The highest BCUT2D eigenvalue weighted by Gasteiger charge is 2.24. The Bertz CT molecular complexity index is 736. The molecule has 2 rings (SSSR count). The molecule has 0 aliphatic carbocycles. The molecule has 140 valence electrons. The quantitative estimate of drug-likeness (QED) is 0.471. The van der Waals surface area contributed by atoms with E-state index in [0.29, 0.717) is 24.0 Å². The Morgan fingerprint density at radius 1 is 1.08 bits per heavy atom. The normalized spacial score (nSPS) is 11.0. The molecule has 2 aromatic rings. The Balaban J connectivity index is 2.20. The summed E-state index contributed by atoms with van der Waals surface area (Å²) in [6, 6.07) is 9.59. The van der Waals surface area contributed by atoms with Gasteiger partial charge in [0.25, 0.3) is 6.43 Å². The van der Waals surface area contributed by atoms with E-state index < -0.39 is 17.8 Å². The first-order valence-corrected chi connectivity index (χ1v) is 8.89. The molecule has 0 aliphatic heterocycles. The number of alkyl halides is 2. The molecule has 2 aromatic carbocycles. The monoisotopic (exact) mass is 362 g/mol. The number of ether oxygens (including phenoxy) is 1. The van der Waals surface area contributed by atoms with Crippen molar-refractivity contribution in [3.63, 3.8) is 0 Å². The number of allylic oxidation sites excluding steroid dienone is 1. The summed E-state index contributed by atoms with van der Waals surface area (Å²) in [5, 5.41) is 0. The number of hydrogen-bond donors (Lipinski definition) is 0. The third-order valence-corrected chi connectivity index (χ3v) is 4.44. The van der Waals surface area contributed by atoms with Crippen LogP contribution in [0.4, 0.5) is 13.2 Å². The first-order chi connectivity index (χ1) is 12.5. The summed E-state index contributed by atoms with van der Waals surface area (Å²) in [5.74, 6) is -1.04. The molecule has 0 N–H and O–H groups in total. The Kier molecular flexibility index (Phi) is 7.31. The van der Waals surface area contributed by atoms with Gasteiger partial charge < -0.3 is 4.74 Å². The third kappa shape index (κ3) is 4.90. The zero-order valence-electron chi connectivity index (χ0n) is 15.3. The van der Waals surface area contributed by atoms with Gasteiger partial charge in [-0.3, -0.25) is 0 Å². The first kappa shape index (κ1) is 20.1. The van der Waals surface area contributed by atoms with Gasteiger partial charge in [-0.15, -0.1) is 6.58 Å². The molecule has 0 heterocycles. The standard InChI is InChI=1S/C22H25F3O/c1-4-6-7-16-8-10-17(11-9-16)12-13-18-15(3)14-19(26-5-2)21(23)20(18)22(24)25/h4,8-11,14,22H,1,5-7,12-13H2,2-3H3. The molecular formula is C22H25F3O. The minimum Gasteiger partial charge on any atom is -0.491 e. The fourth-order valence-electron chi connectivity index (χ4n) is 3.06. The molecule has 0 aliphatic rings. The van der Waals surface area contributed by atoms with Gasteiger partial charge in [0.05, 0.1) is 12.2 Å². The number of halogens is 3. The predicted molar refractivity (Wildman–Crippen MR) is 99.6 cm³/mol. The van der Waals surface area contributed by atoms with Crippen LogP contribution in [0.3, 0.4) is 0 Å².